The first kappa shape index (κ1) is 49.8. The van der Waals surface area contributed by atoms with Gasteiger partial charge in [0.2, 0.25) is 11.3 Å². The minimum atomic E-state index is -1.71. The molecule has 2 saturated heterocycles. The Morgan fingerprint density at radius 1 is 0.725 bits per heavy atom. The van der Waals surface area contributed by atoms with Crippen molar-refractivity contribution in [2.24, 2.45) is 0 Å². The average Bonchev–Trinajstić information content (AvgIpc) is 4.08. The molecule has 0 amide bonds. The molecule has 0 saturated carbocycles. The number of carbonyl (C=O) groups is 3. The third-order valence-corrected chi connectivity index (χ3v) is 12.3. The standard InChI is InChI=1S/C35H33N5O7S.C10H14N6O4.H3N/c1-20-6-12-23(13-7-20)32(41)44-18-26-27(46-33(42)24-14-8-21(2)9-15-24)35(4,47-34(43)25-16-10-22(3)11-17-25)28(45-26)29-38-39-30-31(48-5)36-19-37-40(29)30;1-10(19)5(18)4(2-17)20-6(10)8-14-15-9-7(11)12-3-13-16(8)9;/h6-17,19,26-28H,18H2,1-5H3;3-6,17-19H,2H2,1H3,(H2,11,12,13);1H3/t26-,27-,28+,35-;4-,5-,6+,10-;/m11./s1. The molecule has 0 radical (unpaired) electrons. The van der Waals surface area contributed by atoms with Crippen molar-refractivity contribution < 1.29 is 53.4 Å². The number of aryl methyl sites for hydroxylation is 3. The zero-order valence-corrected chi connectivity index (χ0v) is 39.1. The van der Waals surface area contributed by atoms with E-state index in [0.29, 0.717) is 16.2 Å². The molecule has 0 spiro atoms. The lowest BCUT2D eigenvalue weighted by Gasteiger charge is -2.33. The molecule has 2 aliphatic heterocycles. The number of aromatic nitrogens is 10. The number of benzene rings is 3. The summed E-state index contributed by atoms with van der Waals surface area (Å²) in [4.78, 5) is 48.5. The Kier molecular flexibility index (Phi) is 14.6. The summed E-state index contributed by atoms with van der Waals surface area (Å²) in [5.74, 6) is -1.49. The summed E-state index contributed by atoms with van der Waals surface area (Å²) >= 11 is 1.35. The molecule has 9 rings (SSSR count). The van der Waals surface area contributed by atoms with Crippen molar-refractivity contribution in [2.45, 2.75) is 87.5 Å². The molecule has 7 aromatic rings. The van der Waals surface area contributed by atoms with Crippen molar-refractivity contribution in [3.8, 4) is 0 Å². The van der Waals surface area contributed by atoms with Gasteiger partial charge in [-0.2, -0.15) is 19.2 Å². The zero-order chi connectivity index (χ0) is 48.5. The first-order chi connectivity index (χ1) is 32.5. The summed E-state index contributed by atoms with van der Waals surface area (Å²) in [6.07, 6.45) is -2.30. The van der Waals surface area contributed by atoms with Crippen LogP contribution in [0.15, 0.2) is 90.5 Å². The van der Waals surface area contributed by atoms with Gasteiger partial charge in [-0.3, -0.25) is 0 Å². The normalized spacial score (nSPS) is 24.0. The number of nitrogen functional groups attached to an aromatic ring is 1. The summed E-state index contributed by atoms with van der Waals surface area (Å²) in [6.45, 7) is 7.94. The van der Waals surface area contributed by atoms with Crippen LogP contribution < -0.4 is 11.9 Å². The highest BCUT2D eigenvalue weighted by molar-refractivity contribution is 7.98. The number of hydrogen-bond donors (Lipinski definition) is 5. The number of aliphatic hydroxyl groups is 3. The van der Waals surface area contributed by atoms with Crippen LogP contribution >= 0.6 is 11.8 Å². The van der Waals surface area contributed by atoms with Gasteiger partial charge < -0.3 is 50.9 Å². The Labute approximate surface area is 397 Å². The molecule has 2 aliphatic rings. The van der Waals surface area contributed by atoms with E-state index >= 15 is 0 Å². The number of nitrogens with zero attached hydrogens (tertiary/aromatic N) is 10. The van der Waals surface area contributed by atoms with E-state index in [1.807, 2.05) is 27.0 Å². The maximum atomic E-state index is 13.7. The van der Waals surface area contributed by atoms with Gasteiger partial charge in [-0.25, -0.2) is 24.4 Å². The number of ether oxygens (including phenoxy) is 5. The number of carbonyl (C=O) groups excluding carboxylic acids is 3. The molecule has 8 N–H and O–H groups in total. The molecule has 23 nitrogen and oxygen atoms in total. The topological polar surface area (TPSA) is 331 Å². The minimum Gasteiger partial charge on any atom is -0.459 e. The predicted octanol–water partition coefficient (Wildman–Crippen LogP) is 3.11. The van der Waals surface area contributed by atoms with Crippen LogP contribution in [-0.4, -0.2) is 138 Å². The summed E-state index contributed by atoms with van der Waals surface area (Å²) in [5.41, 5.74) is 6.66. The fourth-order valence-corrected chi connectivity index (χ4v) is 8.21. The van der Waals surface area contributed by atoms with Gasteiger partial charge in [-0.15, -0.1) is 32.2 Å². The molecule has 0 bridgehead atoms. The maximum Gasteiger partial charge on any atom is 0.338 e. The van der Waals surface area contributed by atoms with Gasteiger partial charge in [-0.05, 0) is 77.3 Å². The second kappa shape index (κ2) is 20.3. The molecule has 0 unspecified atom stereocenters. The Morgan fingerprint density at radius 2 is 1.22 bits per heavy atom. The number of rotatable bonds is 11. The molecule has 2 fully saturated rings. The van der Waals surface area contributed by atoms with E-state index in [1.54, 1.807) is 79.7 Å². The molecule has 362 valence electrons. The van der Waals surface area contributed by atoms with Crippen molar-refractivity contribution in [1.82, 2.24) is 55.7 Å². The van der Waals surface area contributed by atoms with Crippen LogP contribution in [0.2, 0.25) is 0 Å². The molecule has 8 atom stereocenters. The lowest BCUT2D eigenvalue weighted by molar-refractivity contribution is -0.0908. The molecule has 0 aliphatic carbocycles. The Balaban J connectivity index is 0.000000279. The van der Waals surface area contributed by atoms with Crippen LogP contribution in [0.3, 0.4) is 0 Å². The van der Waals surface area contributed by atoms with E-state index < -0.39 is 72.3 Å². The molecule has 6 heterocycles. The van der Waals surface area contributed by atoms with Gasteiger partial charge in [0, 0.05) is 0 Å². The highest BCUT2D eigenvalue weighted by atomic mass is 32.2. The lowest BCUT2D eigenvalue weighted by atomic mass is 9.91. The van der Waals surface area contributed by atoms with Gasteiger partial charge in [-0.1, -0.05) is 53.1 Å². The second-order valence-electron chi connectivity index (χ2n) is 16.6. The lowest BCUT2D eigenvalue weighted by Crippen LogP contribution is -2.50. The van der Waals surface area contributed by atoms with Crippen LogP contribution in [0.25, 0.3) is 11.3 Å². The number of thioether (sulfide) groups is 1. The quantitative estimate of drug-likeness (QED) is 0.0706. The molecule has 24 heteroatoms. The van der Waals surface area contributed by atoms with Gasteiger partial charge >= 0.3 is 17.9 Å². The highest BCUT2D eigenvalue weighted by Gasteiger charge is 2.62. The molecular weight excluding hydrogens is 917 g/mol. The summed E-state index contributed by atoms with van der Waals surface area (Å²) in [7, 11) is 0. The molecule has 4 aromatic heterocycles. The molecule has 3 aromatic carbocycles. The van der Waals surface area contributed by atoms with Gasteiger partial charge in [0.15, 0.2) is 41.4 Å². The summed E-state index contributed by atoms with van der Waals surface area (Å²) < 4.78 is 32.8. The van der Waals surface area contributed by atoms with E-state index in [-0.39, 0.29) is 47.0 Å². The summed E-state index contributed by atoms with van der Waals surface area (Å²) in [6, 6.07) is 20.6. The SMILES string of the molecule is CSc1ncnn2c([C@@H]3O[C@H](COC(=O)c4ccc(C)cc4)[C@@H](OC(=O)c4ccc(C)cc4)[C@@]3(C)OC(=O)c3ccc(C)cc3)nnc12.C[C@@]1(O)[C@H](O)[C@@H](CO)O[C@H]1c1nnc2c(N)ncnn12.N. The van der Waals surface area contributed by atoms with Crippen molar-refractivity contribution in [3.63, 3.8) is 0 Å². The van der Waals surface area contributed by atoms with Crippen LogP contribution in [0.1, 0.15) is 85.5 Å². The van der Waals surface area contributed by atoms with E-state index in [4.69, 9.17) is 34.5 Å². The van der Waals surface area contributed by atoms with Gasteiger partial charge in [0.25, 0.3) is 0 Å². The number of hydrogen-bond acceptors (Lipinski definition) is 22. The first-order valence-electron chi connectivity index (χ1n) is 21.1. The summed E-state index contributed by atoms with van der Waals surface area (Å²) in [5, 5.41) is 54.7. The third-order valence-electron chi connectivity index (χ3n) is 11.6. The van der Waals surface area contributed by atoms with E-state index in [0.717, 1.165) is 16.7 Å². The first-order valence-corrected chi connectivity index (χ1v) is 22.3. The van der Waals surface area contributed by atoms with Crippen LogP contribution in [-0.2, 0) is 23.7 Å². The number of anilines is 1. The third kappa shape index (κ3) is 9.80. The molecular formula is C45H50N12O11S. The van der Waals surface area contributed by atoms with Crippen molar-refractivity contribution in [1.29, 1.82) is 0 Å². The van der Waals surface area contributed by atoms with Crippen LogP contribution in [0.4, 0.5) is 5.82 Å². The number of aliphatic hydroxyl groups excluding tert-OH is 2. The van der Waals surface area contributed by atoms with Gasteiger partial charge in [0.1, 0.15) is 48.2 Å². The maximum absolute atomic E-state index is 13.7. The number of nitrogens with two attached hydrogens (primary N) is 1. The highest BCUT2D eigenvalue weighted by Crippen LogP contribution is 2.46. The van der Waals surface area contributed by atoms with Crippen LogP contribution in [0.5, 0.6) is 0 Å². The largest absolute Gasteiger partial charge is 0.459 e. The minimum absolute atomic E-state index is 0. The van der Waals surface area contributed by atoms with Crippen molar-refractivity contribution >= 4 is 46.8 Å². The smallest absolute Gasteiger partial charge is 0.338 e. The monoisotopic (exact) mass is 966 g/mol. The van der Waals surface area contributed by atoms with E-state index in [2.05, 4.69) is 40.6 Å². The van der Waals surface area contributed by atoms with Crippen molar-refractivity contribution in [3.05, 3.63) is 130 Å². The van der Waals surface area contributed by atoms with Crippen LogP contribution in [0, 0.1) is 20.8 Å². The molecule has 69 heavy (non-hydrogen) atoms. The van der Waals surface area contributed by atoms with E-state index in [9.17, 15) is 24.6 Å². The zero-order valence-electron chi connectivity index (χ0n) is 38.2. The number of fused-ring (bicyclic) bond motifs is 2. The van der Waals surface area contributed by atoms with E-state index in [1.165, 1.54) is 40.4 Å². The Hall–Kier alpha value is -7.06. The van der Waals surface area contributed by atoms with Gasteiger partial charge in [0.05, 0.1) is 23.3 Å². The van der Waals surface area contributed by atoms with Crippen molar-refractivity contribution in [2.75, 3.05) is 25.2 Å². The fourth-order valence-electron chi connectivity index (χ4n) is 7.74. The average molecular weight is 967 g/mol. The fraction of sp³-hybridized carbons (Fsp3) is 0.356. The second-order valence-corrected chi connectivity index (χ2v) is 17.4. The predicted molar refractivity (Wildman–Crippen MR) is 244 cm³/mol. The Bertz CT molecular complexity index is 2960. The number of esters is 3. The Morgan fingerprint density at radius 3 is 1.77 bits per heavy atom.